The van der Waals surface area contributed by atoms with Crippen LogP contribution in [0.5, 0.6) is 0 Å². The molecule has 1 atom stereocenters. The molecule has 0 fully saturated rings. The number of halogens is 3. The molecule has 0 aliphatic carbocycles. The number of anilines is 1. The summed E-state index contributed by atoms with van der Waals surface area (Å²) in [6.45, 7) is 3.17. The van der Waals surface area contributed by atoms with Gasteiger partial charge in [-0.15, -0.1) is 0 Å². The Hall–Kier alpha value is -1.17. The normalized spacial score (nSPS) is 13.3. The zero-order valence-corrected chi connectivity index (χ0v) is 10.2. The van der Waals surface area contributed by atoms with Gasteiger partial charge in [0.1, 0.15) is 0 Å². The second-order valence-corrected chi connectivity index (χ2v) is 4.47. The molecule has 0 heterocycles. The van der Waals surface area contributed by atoms with Crippen molar-refractivity contribution in [1.82, 2.24) is 0 Å². The highest BCUT2D eigenvalue weighted by Gasteiger charge is 2.30. The first kappa shape index (κ1) is 13.9. The molecular weight excluding hydrogens is 251 g/mol. The number of carbonyl (C=O) groups is 1. The number of aryl methyl sites for hydroxylation is 1. The predicted octanol–water partition coefficient (Wildman–Crippen LogP) is 3.27. The van der Waals surface area contributed by atoms with Crippen LogP contribution in [-0.2, 0) is 11.0 Å². The molecule has 0 saturated carbocycles. The van der Waals surface area contributed by atoms with E-state index in [1.165, 1.54) is 6.07 Å². The number of carbonyl (C=O) groups excluding carboxylic acids is 1. The molecule has 0 radical (unpaired) electrons. The van der Waals surface area contributed by atoms with Crippen LogP contribution in [0.25, 0.3) is 0 Å². The summed E-state index contributed by atoms with van der Waals surface area (Å²) in [6.07, 6.45) is -4.42. The maximum absolute atomic E-state index is 12.5. The Morgan fingerprint density at radius 3 is 2.47 bits per heavy atom. The molecule has 0 spiro atoms. The molecule has 0 saturated heterocycles. The van der Waals surface area contributed by atoms with E-state index in [4.69, 9.17) is 0 Å². The molecule has 1 aromatic rings. The summed E-state index contributed by atoms with van der Waals surface area (Å²) < 4.78 is 37.4. The van der Waals surface area contributed by atoms with Crippen molar-refractivity contribution < 1.29 is 18.0 Å². The third-order valence-corrected chi connectivity index (χ3v) is 2.44. The topological polar surface area (TPSA) is 29.1 Å². The number of alkyl halides is 3. The number of amides is 1. The molecule has 2 nitrogen and oxygen atoms in total. The summed E-state index contributed by atoms with van der Waals surface area (Å²) in [6, 6.07) is 3.22. The van der Waals surface area contributed by atoms with Gasteiger partial charge in [0.2, 0.25) is 5.91 Å². The Kier molecular flexibility index (Phi) is 4.08. The Morgan fingerprint density at radius 1 is 1.41 bits per heavy atom. The van der Waals surface area contributed by atoms with Gasteiger partial charge in [-0.1, -0.05) is 6.07 Å². The van der Waals surface area contributed by atoms with Gasteiger partial charge in [0.15, 0.2) is 0 Å². The number of benzene rings is 1. The first-order chi connectivity index (χ1) is 7.71. The van der Waals surface area contributed by atoms with Crippen molar-refractivity contribution in [2.75, 3.05) is 5.32 Å². The molecule has 0 aliphatic heterocycles. The van der Waals surface area contributed by atoms with Crippen LogP contribution in [0, 0.1) is 6.92 Å². The van der Waals surface area contributed by atoms with Crippen molar-refractivity contribution in [3.8, 4) is 0 Å². The number of thiol groups is 1. The molecule has 0 bridgehead atoms. The monoisotopic (exact) mass is 263 g/mol. The third kappa shape index (κ3) is 3.66. The standard InChI is InChI=1S/C11H12F3NOS/c1-6-3-4-8(11(12,13)14)5-9(6)15-10(16)7(2)17/h3-5,7,17H,1-2H3,(H,15,16). The number of rotatable bonds is 2. The quantitative estimate of drug-likeness (QED) is 0.788. The fourth-order valence-electron chi connectivity index (χ4n) is 1.17. The van der Waals surface area contributed by atoms with Gasteiger partial charge in [0.25, 0.3) is 0 Å². The first-order valence-electron chi connectivity index (χ1n) is 4.88. The van der Waals surface area contributed by atoms with Crippen molar-refractivity contribution in [2.45, 2.75) is 25.3 Å². The molecular formula is C11H12F3NOS. The highest BCUT2D eigenvalue weighted by atomic mass is 32.1. The zero-order chi connectivity index (χ0) is 13.2. The molecule has 1 rings (SSSR count). The van der Waals surface area contributed by atoms with Gasteiger partial charge >= 0.3 is 6.18 Å². The minimum atomic E-state index is -4.42. The van der Waals surface area contributed by atoms with Crippen LogP contribution in [0.2, 0.25) is 0 Å². The fraction of sp³-hybridized carbons (Fsp3) is 0.364. The number of hydrogen-bond donors (Lipinski definition) is 2. The van der Waals surface area contributed by atoms with Gasteiger partial charge in [-0.2, -0.15) is 25.8 Å². The molecule has 17 heavy (non-hydrogen) atoms. The number of nitrogens with one attached hydrogen (secondary N) is 1. The van der Waals surface area contributed by atoms with E-state index >= 15 is 0 Å². The highest BCUT2D eigenvalue weighted by molar-refractivity contribution is 7.81. The van der Waals surface area contributed by atoms with Crippen molar-refractivity contribution in [2.24, 2.45) is 0 Å². The smallest absolute Gasteiger partial charge is 0.325 e. The van der Waals surface area contributed by atoms with E-state index in [1.54, 1.807) is 13.8 Å². The molecule has 1 amide bonds. The van der Waals surface area contributed by atoms with Crippen LogP contribution in [-0.4, -0.2) is 11.2 Å². The molecule has 1 N–H and O–H groups in total. The Morgan fingerprint density at radius 2 is 2.00 bits per heavy atom. The molecule has 94 valence electrons. The average molecular weight is 263 g/mol. The highest BCUT2D eigenvalue weighted by Crippen LogP contribution is 2.32. The molecule has 6 heteroatoms. The van der Waals surface area contributed by atoms with Gasteiger partial charge in [0, 0.05) is 5.69 Å². The van der Waals surface area contributed by atoms with E-state index < -0.39 is 22.9 Å². The summed E-state index contributed by atoms with van der Waals surface area (Å²) in [4.78, 5) is 11.4. The summed E-state index contributed by atoms with van der Waals surface area (Å²) in [7, 11) is 0. The van der Waals surface area contributed by atoms with Crippen LogP contribution in [0.15, 0.2) is 18.2 Å². The number of hydrogen-bond acceptors (Lipinski definition) is 2. The third-order valence-electron chi connectivity index (χ3n) is 2.20. The molecule has 0 aliphatic rings. The van der Waals surface area contributed by atoms with Gasteiger partial charge in [-0.3, -0.25) is 4.79 Å². The van der Waals surface area contributed by atoms with Crippen molar-refractivity contribution in [3.63, 3.8) is 0 Å². The van der Waals surface area contributed by atoms with E-state index in [2.05, 4.69) is 17.9 Å². The minimum Gasteiger partial charge on any atom is -0.325 e. The second-order valence-electron chi connectivity index (χ2n) is 3.69. The lowest BCUT2D eigenvalue weighted by molar-refractivity contribution is -0.137. The fourth-order valence-corrected chi connectivity index (χ4v) is 1.23. The van der Waals surface area contributed by atoms with Gasteiger partial charge in [0.05, 0.1) is 10.8 Å². The molecule has 1 aromatic carbocycles. The van der Waals surface area contributed by atoms with Crippen LogP contribution in [0.1, 0.15) is 18.1 Å². The van der Waals surface area contributed by atoms with Crippen molar-refractivity contribution >= 4 is 24.2 Å². The van der Waals surface area contributed by atoms with E-state index in [9.17, 15) is 18.0 Å². The second kappa shape index (κ2) is 5.00. The summed E-state index contributed by atoms with van der Waals surface area (Å²) in [5, 5.41) is 1.83. The SMILES string of the molecule is Cc1ccc(C(F)(F)F)cc1NC(=O)C(C)S. The average Bonchev–Trinajstić information content (AvgIpc) is 2.19. The Bertz CT molecular complexity index is 429. The van der Waals surface area contributed by atoms with Gasteiger partial charge in [-0.25, -0.2) is 0 Å². The van der Waals surface area contributed by atoms with E-state index in [0.717, 1.165) is 12.1 Å². The zero-order valence-electron chi connectivity index (χ0n) is 9.30. The minimum absolute atomic E-state index is 0.158. The van der Waals surface area contributed by atoms with Crippen LogP contribution < -0.4 is 5.32 Å². The van der Waals surface area contributed by atoms with Gasteiger partial charge < -0.3 is 5.32 Å². The van der Waals surface area contributed by atoms with Gasteiger partial charge in [-0.05, 0) is 31.5 Å². The maximum Gasteiger partial charge on any atom is 0.416 e. The van der Waals surface area contributed by atoms with Crippen LogP contribution in [0.3, 0.4) is 0 Å². The lowest BCUT2D eigenvalue weighted by Crippen LogP contribution is -2.21. The maximum atomic E-state index is 12.5. The lowest BCUT2D eigenvalue weighted by Gasteiger charge is -2.13. The van der Waals surface area contributed by atoms with Crippen molar-refractivity contribution in [3.05, 3.63) is 29.3 Å². The van der Waals surface area contributed by atoms with E-state index in [-0.39, 0.29) is 5.69 Å². The Balaban J connectivity index is 3.03. The molecule has 0 aromatic heterocycles. The van der Waals surface area contributed by atoms with Crippen molar-refractivity contribution in [1.29, 1.82) is 0 Å². The summed E-state index contributed by atoms with van der Waals surface area (Å²) in [5.41, 5.74) is -0.0590. The largest absolute Gasteiger partial charge is 0.416 e. The molecule has 1 unspecified atom stereocenters. The predicted molar refractivity (Wildman–Crippen MR) is 63.3 cm³/mol. The van der Waals surface area contributed by atoms with Crippen LogP contribution >= 0.6 is 12.6 Å². The van der Waals surface area contributed by atoms with Crippen LogP contribution in [0.4, 0.5) is 18.9 Å². The first-order valence-corrected chi connectivity index (χ1v) is 5.40. The lowest BCUT2D eigenvalue weighted by atomic mass is 10.1. The summed E-state index contributed by atoms with van der Waals surface area (Å²) >= 11 is 3.91. The van der Waals surface area contributed by atoms with E-state index in [1.807, 2.05) is 0 Å². The Labute approximate surface area is 103 Å². The summed E-state index contributed by atoms with van der Waals surface area (Å²) in [5.74, 6) is -0.434. The van der Waals surface area contributed by atoms with E-state index in [0.29, 0.717) is 5.56 Å².